The van der Waals surface area contributed by atoms with Crippen molar-refractivity contribution in [2.45, 2.75) is 38.8 Å². The Bertz CT molecular complexity index is 356. The van der Waals surface area contributed by atoms with Crippen molar-refractivity contribution in [1.29, 1.82) is 0 Å². The first-order valence-electron chi connectivity index (χ1n) is 6.75. The molecule has 1 amide bonds. The van der Waals surface area contributed by atoms with Gasteiger partial charge in [0.15, 0.2) is 0 Å². The van der Waals surface area contributed by atoms with Crippen molar-refractivity contribution in [3.05, 3.63) is 0 Å². The summed E-state index contributed by atoms with van der Waals surface area (Å²) in [6.45, 7) is 8.66. The topological polar surface area (TPSA) is 59.1 Å². The highest BCUT2D eigenvalue weighted by atomic mass is 16.6. The van der Waals surface area contributed by atoms with Gasteiger partial charge in [-0.1, -0.05) is 0 Å². The van der Waals surface area contributed by atoms with Crippen molar-refractivity contribution in [2.75, 3.05) is 32.8 Å². The lowest BCUT2D eigenvalue weighted by molar-refractivity contribution is -0.142. The van der Waals surface area contributed by atoms with Gasteiger partial charge in [-0.2, -0.15) is 0 Å². The normalized spacial score (nSPS) is 25.3. The molecule has 0 spiro atoms. The van der Waals surface area contributed by atoms with Crippen molar-refractivity contribution in [3.8, 4) is 0 Å². The Morgan fingerprint density at radius 3 is 2.37 bits per heavy atom. The molecule has 2 aliphatic rings. The molecule has 0 N–H and O–H groups in total. The fraction of sp³-hybridized carbons (Fsp3) is 0.846. The van der Waals surface area contributed by atoms with E-state index in [0.717, 1.165) is 6.42 Å². The van der Waals surface area contributed by atoms with Crippen LogP contribution in [0.3, 0.4) is 0 Å². The third-order valence-corrected chi connectivity index (χ3v) is 3.31. The molecule has 0 radical (unpaired) electrons. The van der Waals surface area contributed by atoms with E-state index in [9.17, 15) is 9.59 Å². The van der Waals surface area contributed by atoms with Crippen LogP contribution in [0.15, 0.2) is 0 Å². The van der Waals surface area contributed by atoms with E-state index in [0.29, 0.717) is 32.8 Å². The van der Waals surface area contributed by atoms with Gasteiger partial charge in [-0.05, 0) is 20.8 Å². The number of hydrogen-bond acceptors (Lipinski definition) is 5. The summed E-state index contributed by atoms with van der Waals surface area (Å²) in [6.07, 6.45) is 0.479. The summed E-state index contributed by atoms with van der Waals surface area (Å²) in [5, 5.41) is 0. The molecule has 2 heterocycles. The largest absolute Gasteiger partial charge is 0.464 e. The average molecular weight is 270 g/mol. The van der Waals surface area contributed by atoms with E-state index >= 15 is 0 Å². The van der Waals surface area contributed by atoms with Crippen LogP contribution >= 0.6 is 0 Å². The third kappa shape index (κ3) is 3.59. The molecule has 0 saturated carbocycles. The van der Waals surface area contributed by atoms with E-state index in [4.69, 9.17) is 9.47 Å². The zero-order chi connectivity index (χ0) is 14.0. The number of piperazine rings is 1. The number of carbonyl (C=O) groups is 2. The summed E-state index contributed by atoms with van der Waals surface area (Å²) >= 11 is 0. The molecule has 6 heteroatoms. The van der Waals surface area contributed by atoms with Crippen LogP contribution in [-0.4, -0.2) is 66.3 Å². The minimum atomic E-state index is -0.469. The van der Waals surface area contributed by atoms with Crippen molar-refractivity contribution in [1.82, 2.24) is 9.80 Å². The molecule has 0 aromatic heterocycles. The summed E-state index contributed by atoms with van der Waals surface area (Å²) in [4.78, 5) is 27.2. The number of amides is 1. The van der Waals surface area contributed by atoms with Gasteiger partial charge < -0.3 is 14.4 Å². The quantitative estimate of drug-likeness (QED) is 0.661. The molecular weight excluding hydrogens is 248 g/mol. The van der Waals surface area contributed by atoms with Gasteiger partial charge in [0.2, 0.25) is 0 Å². The number of nitrogens with zero attached hydrogens (tertiary/aromatic N) is 2. The Labute approximate surface area is 113 Å². The molecule has 0 aromatic rings. The van der Waals surface area contributed by atoms with E-state index in [2.05, 4.69) is 4.90 Å². The van der Waals surface area contributed by atoms with E-state index in [1.807, 2.05) is 20.8 Å². The van der Waals surface area contributed by atoms with Gasteiger partial charge in [-0.15, -0.1) is 0 Å². The molecule has 2 aliphatic heterocycles. The highest BCUT2D eigenvalue weighted by Crippen LogP contribution is 2.17. The molecule has 19 heavy (non-hydrogen) atoms. The van der Waals surface area contributed by atoms with Gasteiger partial charge in [-0.25, -0.2) is 4.79 Å². The number of rotatable bonds is 1. The molecule has 0 bridgehead atoms. The molecule has 2 rings (SSSR count). The number of cyclic esters (lactones) is 1. The van der Waals surface area contributed by atoms with Crippen LogP contribution < -0.4 is 0 Å². The standard InChI is InChI=1S/C13H22N2O4/c1-13(2,3)19-12(17)15-7-5-14(6-8-15)10-4-9-18-11(10)16/h10H,4-9H2,1-3H3. The predicted octanol–water partition coefficient (Wildman–Crippen LogP) is 0.855. The molecule has 0 aromatic carbocycles. The van der Waals surface area contributed by atoms with Crippen molar-refractivity contribution in [3.63, 3.8) is 0 Å². The van der Waals surface area contributed by atoms with E-state index in [1.165, 1.54) is 0 Å². The summed E-state index contributed by atoms with van der Waals surface area (Å²) in [5.41, 5.74) is -0.469. The van der Waals surface area contributed by atoms with Gasteiger partial charge in [0, 0.05) is 32.6 Å². The summed E-state index contributed by atoms with van der Waals surface area (Å²) in [6, 6.07) is -0.124. The first-order valence-corrected chi connectivity index (χ1v) is 6.75. The zero-order valence-electron chi connectivity index (χ0n) is 11.8. The van der Waals surface area contributed by atoms with Crippen LogP contribution in [0.25, 0.3) is 0 Å². The molecule has 6 nitrogen and oxygen atoms in total. The second-order valence-corrected chi connectivity index (χ2v) is 5.98. The van der Waals surface area contributed by atoms with Crippen LogP contribution in [0.4, 0.5) is 4.79 Å². The van der Waals surface area contributed by atoms with Crippen LogP contribution in [0.1, 0.15) is 27.2 Å². The van der Waals surface area contributed by atoms with Gasteiger partial charge in [0.1, 0.15) is 11.6 Å². The lowest BCUT2D eigenvalue weighted by Crippen LogP contribution is -2.53. The monoisotopic (exact) mass is 270 g/mol. The Kier molecular flexibility index (Phi) is 3.99. The molecule has 0 aliphatic carbocycles. The Hall–Kier alpha value is -1.30. The molecule has 2 fully saturated rings. The van der Waals surface area contributed by atoms with Gasteiger partial charge in [0.05, 0.1) is 6.61 Å². The summed E-state index contributed by atoms with van der Waals surface area (Å²) in [7, 11) is 0. The Morgan fingerprint density at radius 1 is 1.26 bits per heavy atom. The zero-order valence-corrected chi connectivity index (χ0v) is 11.8. The number of esters is 1. The molecular formula is C13H22N2O4. The maximum atomic E-state index is 11.9. The molecule has 108 valence electrons. The Morgan fingerprint density at radius 2 is 1.89 bits per heavy atom. The molecule has 1 atom stereocenters. The van der Waals surface area contributed by atoms with Crippen molar-refractivity contribution >= 4 is 12.1 Å². The highest BCUT2D eigenvalue weighted by Gasteiger charge is 2.35. The van der Waals surface area contributed by atoms with Gasteiger partial charge in [-0.3, -0.25) is 9.69 Å². The van der Waals surface area contributed by atoms with Crippen LogP contribution in [-0.2, 0) is 14.3 Å². The lowest BCUT2D eigenvalue weighted by Gasteiger charge is -2.37. The highest BCUT2D eigenvalue weighted by molar-refractivity contribution is 5.77. The lowest BCUT2D eigenvalue weighted by atomic mass is 10.2. The summed E-state index contributed by atoms with van der Waals surface area (Å²) in [5.74, 6) is -0.134. The third-order valence-electron chi connectivity index (χ3n) is 3.31. The van der Waals surface area contributed by atoms with Gasteiger partial charge >= 0.3 is 12.1 Å². The summed E-state index contributed by atoms with van der Waals surface area (Å²) < 4.78 is 10.3. The first kappa shape index (κ1) is 14.1. The maximum Gasteiger partial charge on any atom is 0.410 e. The second-order valence-electron chi connectivity index (χ2n) is 5.98. The minimum absolute atomic E-state index is 0.124. The van der Waals surface area contributed by atoms with Crippen LogP contribution in [0.2, 0.25) is 0 Å². The number of ether oxygens (including phenoxy) is 2. The van der Waals surface area contributed by atoms with Gasteiger partial charge in [0.25, 0.3) is 0 Å². The van der Waals surface area contributed by atoms with Crippen molar-refractivity contribution in [2.24, 2.45) is 0 Å². The van der Waals surface area contributed by atoms with E-state index < -0.39 is 5.60 Å². The molecule has 1 unspecified atom stereocenters. The fourth-order valence-corrected chi connectivity index (χ4v) is 2.36. The average Bonchev–Trinajstić information content (AvgIpc) is 2.73. The van der Waals surface area contributed by atoms with Crippen molar-refractivity contribution < 1.29 is 19.1 Å². The fourth-order valence-electron chi connectivity index (χ4n) is 2.36. The number of carbonyl (C=O) groups excluding carboxylic acids is 2. The van der Waals surface area contributed by atoms with E-state index in [-0.39, 0.29) is 18.1 Å². The maximum absolute atomic E-state index is 11.9. The Balaban J connectivity index is 1.82. The van der Waals surface area contributed by atoms with E-state index in [1.54, 1.807) is 4.90 Å². The predicted molar refractivity (Wildman–Crippen MR) is 68.7 cm³/mol. The van der Waals surface area contributed by atoms with Crippen LogP contribution in [0, 0.1) is 0 Å². The smallest absolute Gasteiger partial charge is 0.410 e. The minimum Gasteiger partial charge on any atom is -0.464 e. The molecule has 2 saturated heterocycles. The second kappa shape index (κ2) is 5.36. The van der Waals surface area contributed by atoms with Crippen LogP contribution in [0.5, 0.6) is 0 Å². The first-order chi connectivity index (χ1) is 8.87. The number of hydrogen-bond donors (Lipinski definition) is 0. The SMILES string of the molecule is CC(C)(C)OC(=O)N1CCN(C2CCOC2=O)CC1.